The van der Waals surface area contributed by atoms with Gasteiger partial charge in [0.1, 0.15) is 0 Å². The number of carbonyl (C=O) groups is 1. The van der Waals surface area contributed by atoms with E-state index in [-0.39, 0.29) is 5.78 Å². The molecule has 0 fully saturated rings. The van der Waals surface area contributed by atoms with Gasteiger partial charge in [-0.1, -0.05) is 24.3 Å². The summed E-state index contributed by atoms with van der Waals surface area (Å²) in [5, 5.41) is 0. The number of ketones is 1. The van der Waals surface area contributed by atoms with Gasteiger partial charge >= 0.3 is 0 Å². The lowest BCUT2D eigenvalue weighted by atomic mass is 9.97. The molecular formula is C14H18Cl2O. The molecule has 1 aromatic carbocycles. The van der Waals surface area contributed by atoms with Crippen LogP contribution in [0.1, 0.15) is 41.6 Å². The number of alkyl halides is 2. The van der Waals surface area contributed by atoms with Crippen LogP contribution in [0, 0.1) is 0 Å². The molecule has 3 heteroatoms. The fourth-order valence-electron chi connectivity index (χ4n) is 1.78. The highest BCUT2D eigenvalue weighted by Gasteiger charge is 2.09. The van der Waals surface area contributed by atoms with E-state index in [9.17, 15) is 4.79 Å². The first-order valence-electron chi connectivity index (χ1n) is 6.02. The van der Waals surface area contributed by atoms with Crippen LogP contribution in [0.2, 0.25) is 0 Å². The molecule has 0 aliphatic rings. The van der Waals surface area contributed by atoms with Crippen LogP contribution in [0.3, 0.4) is 0 Å². The normalized spacial score (nSPS) is 10.5. The summed E-state index contributed by atoms with van der Waals surface area (Å²) >= 11 is 11.3. The third-order valence-electron chi connectivity index (χ3n) is 2.68. The number of halogens is 2. The first-order valence-corrected chi connectivity index (χ1v) is 7.09. The van der Waals surface area contributed by atoms with Crippen LogP contribution < -0.4 is 0 Å². The van der Waals surface area contributed by atoms with Crippen molar-refractivity contribution in [3.05, 3.63) is 35.4 Å². The van der Waals surface area contributed by atoms with Crippen molar-refractivity contribution in [2.24, 2.45) is 0 Å². The maximum Gasteiger partial charge on any atom is 0.163 e. The number of benzene rings is 1. The smallest absolute Gasteiger partial charge is 0.163 e. The van der Waals surface area contributed by atoms with E-state index in [4.69, 9.17) is 23.2 Å². The molecule has 1 nitrogen and oxygen atoms in total. The third-order valence-corrected chi connectivity index (χ3v) is 3.22. The number of hydrogen-bond acceptors (Lipinski definition) is 1. The van der Waals surface area contributed by atoms with E-state index in [1.54, 1.807) is 0 Å². The van der Waals surface area contributed by atoms with E-state index in [0.717, 1.165) is 36.8 Å². The summed E-state index contributed by atoms with van der Waals surface area (Å²) in [5.74, 6) is 1.43. The second-order valence-electron chi connectivity index (χ2n) is 4.02. The predicted octanol–water partition coefficient (Wildman–Crippen LogP) is 4.45. The lowest BCUT2D eigenvalue weighted by Gasteiger charge is -2.07. The molecule has 0 radical (unpaired) electrons. The monoisotopic (exact) mass is 272 g/mol. The summed E-state index contributed by atoms with van der Waals surface area (Å²) in [4.78, 5) is 12.0. The number of hydrogen-bond donors (Lipinski definition) is 0. The fraction of sp³-hybridized carbons (Fsp3) is 0.500. The van der Waals surface area contributed by atoms with Crippen LogP contribution in [0.25, 0.3) is 0 Å². The van der Waals surface area contributed by atoms with Crippen molar-refractivity contribution in [2.45, 2.75) is 32.1 Å². The summed E-state index contributed by atoms with van der Waals surface area (Å²) in [6.45, 7) is 0. The molecule has 0 atom stereocenters. The SMILES string of the molecule is O=C(CCCCl)c1ccccc1CCCCCl. The quantitative estimate of drug-likeness (QED) is 0.388. The molecular weight excluding hydrogens is 255 g/mol. The Morgan fingerprint density at radius 3 is 2.41 bits per heavy atom. The average Bonchev–Trinajstić information content (AvgIpc) is 2.37. The van der Waals surface area contributed by atoms with Gasteiger partial charge in [-0.3, -0.25) is 4.79 Å². The topological polar surface area (TPSA) is 17.1 Å². The molecule has 0 amide bonds. The molecule has 0 spiro atoms. The van der Waals surface area contributed by atoms with E-state index < -0.39 is 0 Å². The van der Waals surface area contributed by atoms with Crippen molar-refractivity contribution in [3.63, 3.8) is 0 Å². The van der Waals surface area contributed by atoms with Crippen molar-refractivity contribution in [3.8, 4) is 0 Å². The van der Waals surface area contributed by atoms with E-state index >= 15 is 0 Å². The van der Waals surface area contributed by atoms with Crippen LogP contribution in [-0.4, -0.2) is 17.5 Å². The highest BCUT2D eigenvalue weighted by atomic mass is 35.5. The summed E-state index contributed by atoms with van der Waals surface area (Å²) in [7, 11) is 0. The van der Waals surface area contributed by atoms with Gasteiger partial charge in [-0.05, 0) is 31.2 Å². The van der Waals surface area contributed by atoms with Gasteiger partial charge in [0.25, 0.3) is 0 Å². The molecule has 0 aliphatic heterocycles. The molecule has 0 heterocycles. The minimum atomic E-state index is 0.201. The van der Waals surface area contributed by atoms with Crippen LogP contribution in [-0.2, 0) is 6.42 Å². The number of unbranched alkanes of at least 4 members (excludes halogenated alkanes) is 1. The van der Waals surface area contributed by atoms with E-state index in [2.05, 4.69) is 0 Å². The Balaban J connectivity index is 2.66. The summed E-state index contributed by atoms with van der Waals surface area (Å²) in [5.41, 5.74) is 1.99. The molecule has 0 bridgehead atoms. The molecule has 0 aliphatic carbocycles. The lowest BCUT2D eigenvalue weighted by Crippen LogP contribution is -2.04. The first-order chi connectivity index (χ1) is 8.29. The van der Waals surface area contributed by atoms with E-state index in [1.807, 2.05) is 24.3 Å². The second kappa shape index (κ2) is 8.54. The van der Waals surface area contributed by atoms with Crippen molar-refractivity contribution in [1.82, 2.24) is 0 Å². The second-order valence-corrected chi connectivity index (χ2v) is 4.77. The van der Waals surface area contributed by atoms with E-state index in [0.29, 0.717) is 18.2 Å². The van der Waals surface area contributed by atoms with Crippen molar-refractivity contribution >= 4 is 29.0 Å². The number of carbonyl (C=O) groups excluding carboxylic acids is 1. The Morgan fingerprint density at radius 2 is 1.71 bits per heavy atom. The molecule has 0 unspecified atom stereocenters. The van der Waals surface area contributed by atoms with Crippen molar-refractivity contribution in [2.75, 3.05) is 11.8 Å². The van der Waals surface area contributed by atoms with Crippen molar-refractivity contribution in [1.29, 1.82) is 0 Å². The minimum absolute atomic E-state index is 0.201. The maximum atomic E-state index is 12.0. The zero-order chi connectivity index (χ0) is 12.5. The molecule has 0 saturated heterocycles. The number of rotatable bonds is 8. The molecule has 1 rings (SSSR count). The van der Waals surface area contributed by atoms with Gasteiger partial charge in [-0.15, -0.1) is 23.2 Å². The van der Waals surface area contributed by atoms with Crippen LogP contribution in [0.4, 0.5) is 0 Å². The third kappa shape index (κ3) is 5.10. The minimum Gasteiger partial charge on any atom is -0.294 e. The number of aryl methyl sites for hydroxylation is 1. The molecule has 0 aromatic heterocycles. The van der Waals surface area contributed by atoms with Gasteiger partial charge in [-0.25, -0.2) is 0 Å². The Labute approximate surface area is 113 Å². The van der Waals surface area contributed by atoms with E-state index in [1.165, 1.54) is 0 Å². The lowest BCUT2D eigenvalue weighted by molar-refractivity contribution is 0.0981. The Morgan fingerprint density at radius 1 is 1.00 bits per heavy atom. The zero-order valence-corrected chi connectivity index (χ0v) is 11.4. The van der Waals surface area contributed by atoms with Crippen LogP contribution in [0.5, 0.6) is 0 Å². The van der Waals surface area contributed by atoms with Crippen LogP contribution in [0.15, 0.2) is 24.3 Å². The summed E-state index contributed by atoms with van der Waals surface area (Å²) < 4.78 is 0. The van der Waals surface area contributed by atoms with Gasteiger partial charge in [0.15, 0.2) is 5.78 Å². The van der Waals surface area contributed by atoms with Gasteiger partial charge in [0, 0.05) is 23.7 Å². The highest BCUT2D eigenvalue weighted by Crippen LogP contribution is 2.15. The summed E-state index contributed by atoms with van der Waals surface area (Å²) in [6.07, 6.45) is 4.23. The molecule has 1 aromatic rings. The van der Waals surface area contributed by atoms with Gasteiger partial charge in [0.05, 0.1) is 0 Å². The standard InChI is InChI=1S/C14H18Cl2O/c15-10-4-3-7-12-6-1-2-8-13(12)14(17)9-5-11-16/h1-2,6,8H,3-5,7,9-11H2. The van der Waals surface area contributed by atoms with Crippen molar-refractivity contribution < 1.29 is 4.79 Å². The molecule has 0 saturated carbocycles. The fourth-order valence-corrected chi connectivity index (χ4v) is 2.10. The van der Waals surface area contributed by atoms with Gasteiger partial charge < -0.3 is 0 Å². The highest BCUT2D eigenvalue weighted by molar-refractivity contribution is 6.18. The maximum absolute atomic E-state index is 12.0. The Kier molecular flexibility index (Phi) is 7.30. The molecule has 0 N–H and O–H groups in total. The summed E-state index contributed by atoms with van der Waals surface area (Å²) in [6, 6.07) is 7.84. The van der Waals surface area contributed by atoms with Gasteiger partial charge in [-0.2, -0.15) is 0 Å². The van der Waals surface area contributed by atoms with Crippen LogP contribution >= 0.6 is 23.2 Å². The Hall–Kier alpha value is -0.530. The zero-order valence-electron chi connectivity index (χ0n) is 9.92. The number of Topliss-reactive ketones (excluding diaryl/α,β-unsaturated/α-hetero) is 1. The largest absolute Gasteiger partial charge is 0.294 e. The molecule has 17 heavy (non-hydrogen) atoms. The Bertz CT molecular complexity index is 350. The predicted molar refractivity (Wildman–Crippen MR) is 74.4 cm³/mol. The molecule has 94 valence electrons. The van der Waals surface area contributed by atoms with Gasteiger partial charge in [0.2, 0.25) is 0 Å². The first kappa shape index (κ1) is 14.5. The average molecular weight is 273 g/mol.